The Morgan fingerprint density at radius 3 is 1.80 bits per heavy atom. The molecular weight excluding hydrogens is 88.1 g/mol. The maximum absolute atomic E-state index is 7.84. The fourth-order valence-electron chi connectivity index (χ4n) is 0. The van der Waals surface area contributed by atoms with Gasteiger partial charge in [-0.25, -0.2) is 0 Å². The van der Waals surface area contributed by atoms with Gasteiger partial charge in [-0.05, 0) is 0 Å². The molecule has 0 heterocycles. The van der Waals surface area contributed by atoms with E-state index >= 15 is 0 Å². The minimum absolute atomic E-state index is 0.111. The van der Waals surface area contributed by atoms with Gasteiger partial charge >= 0.3 is 0 Å². The smallest absolute Gasteiger partial charge is 0.160 e. The van der Waals surface area contributed by atoms with Crippen molar-refractivity contribution >= 4 is 12.6 Å². The lowest BCUT2D eigenvalue weighted by Gasteiger charge is -1.89. The predicted octanol–water partition coefficient (Wildman–Crippen LogP) is -0.773. The average Bonchev–Trinajstić information content (AvgIpc) is 1.38. The van der Waals surface area contributed by atoms with Crippen molar-refractivity contribution in [1.29, 1.82) is 0 Å². The Balaban J connectivity index is 2.54. The first-order valence-electron chi connectivity index (χ1n) is 1.24. The van der Waals surface area contributed by atoms with Crippen molar-refractivity contribution in [3.63, 3.8) is 0 Å². The molecule has 0 spiro atoms. The second-order valence-corrected chi connectivity index (χ2v) is 1.03. The molecule has 0 rings (SSSR count). The van der Waals surface area contributed by atoms with E-state index in [0.717, 1.165) is 0 Å². The third-order valence-electron chi connectivity index (χ3n) is 0.163. The molecule has 0 radical (unpaired) electrons. The molecule has 0 aliphatic carbocycles. The van der Waals surface area contributed by atoms with Crippen LogP contribution in [0, 0.1) is 0 Å². The molecule has 0 aliphatic heterocycles. The minimum atomic E-state index is -1.25. The van der Waals surface area contributed by atoms with Crippen LogP contribution in [0.5, 0.6) is 0 Å². The highest BCUT2D eigenvalue weighted by Gasteiger charge is 1.84. The van der Waals surface area contributed by atoms with Crippen LogP contribution in [0.4, 0.5) is 0 Å². The van der Waals surface area contributed by atoms with Crippen molar-refractivity contribution in [2.75, 3.05) is 5.75 Å². The van der Waals surface area contributed by atoms with Crippen LogP contribution >= 0.6 is 12.6 Å². The molecule has 0 atom stereocenters. The van der Waals surface area contributed by atoms with Crippen LogP contribution in [0.3, 0.4) is 0 Å². The molecule has 0 aromatic rings. The number of aliphatic hydroxyl groups is 2. The molecule has 0 saturated heterocycles. The Labute approximate surface area is 35.8 Å². The van der Waals surface area contributed by atoms with Crippen LogP contribution in [0.15, 0.2) is 0 Å². The molecule has 0 aliphatic rings. The van der Waals surface area contributed by atoms with Gasteiger partial charge in [0.1, 0.15) is 0 Å². The van der Waals surface area contributed by atoms with Crippen LogP contribution in [0.2, 0.25) is 0 Å². The first kappa shape index (κ1) is 5.27. The normalized spacial score (nSPS) is 9.60. The Morgan fingerprint density at radius 2 is 1.80 bits per heavy atom. The van der Waals surface area contributed by atoms with Gasteiger partial charge in [0.2, 0.25) is 0 Å². The van der Waals surface area contributed by atoms with Crippen molar-refractivity contribution in [2.24, 2.45) is 0 Å². The highest BCUT2D eigenvalue weighted by molar-refractivity contribution is 7.80. The van der Waals surface area contributed by atoms with Crippen LogP contribution in [-0.2, 0) is 0 Å². The lowest BCUT2D eigenvalue weighted by molar-refractivity contribution is -0.0183. The predicted molar refractivity (Wildman–Crippen MR) is 22.1 cm³/mol. The highest BCUT2D eigenvalue weighted by Crippen LogP contribution is 1.75. The number of hydrogen-bond donors (Lipinski definition) is 3. The summed E-state index contributed by atoms with van der Waals surface area (Å²) in [5, 5.41) is 15.7. The summed E-state index contributed by atoms with van der Waals surface area (Å²) in [5.74, 6) is 0.111. The molecule has 32 valence electrons. The average molecular weight is 94.1 g/mol. The quantitative estimate of drug-likeness (QED) is 0.295. The Hall–Kier alpha value is 0.270. The zero-order valence-corrected chi connectivity index (χ0v) is 3.52. The van der Waals surface area contributed by atoms with Gasteiger partial charge < -0.3 is 10.2 Å². The summed E-state index contributed by atoms with van der Waals surface area (Å²) >= 11 is 3.52. The van der Waals surface area contributed by atoms with Gasteiger partial charge in [0.15, 0.2) is 6.29 Å². The van der Waals surface area contributed by atoms with Gasteiger partial charge in [0.25, 0.3) is 0 Å². The third-order valence-corrected chi connectivity index (χ3v) is 0.490. The van der Waals surface area contributed by atoms with E-state index in [4.69, 9.17) is 10.2 Å². The number of hydrogen-bond acceptors (Lipinski definition) is 3. The molecule has 0 bridgehead atoms. The van der Waals surface area contributed by atoms with Crippen LogP contribution in [-0.4, -0.2) is 22.3 Å². The lowest BCUT2D eigenvalue weighted by Crippen LogP contribution is -2.03. The Morgan fingerprint density at radius 1 is 1.60 bits per heavy atom. The molecule has 0 amide bonds. The third kappa shape index (κ3) is 4.27. The first-order chi connectivity index (χ1) is 2.27. The fraction of sp³-hybridized carbons (Fsp3) is 1.00. The summed E-state index contributed by atoms with van der Waals surface area (Å²) in [6.07, 6.45) is -1.25. The van der Waals surface area contributed by atoms with Gasteiger partial charge in [0, 0.05) is 5.75 Å². The summed E-state index contributed by atoms with van der Waals surface area (Å²) in [6, 6.07) is 0. The Bertz CT molecular complexity index is 21.6. The standard InChI is InChI=1S/C2H6O2S/c3-2(4)1-5/h2-5H,1H2. The summed E-state index contributed by atoms with van der Waals surface area (Å²) in [5.41, 5.74) is 0. The SMILES string of the molecule is OC(O)CS. The van der Waals surface area contributed by atoms with Gasteiger partial charge in [-0.2, -0.15) is 12.6 Å². The monoisotopic (exact) mass is 94.0 g/mol. The topological polar surface area (TPSA) is 40.5 Å². The van der Waals surface area contributed by atoms with Gasteiger partial charge in [-0.1, -0.05) is 0 Å². The van der Waals surface area contributed by atoms with Crippen molar-refractivity contribution in [3.8, 4) is 0 Å². The number of rotatable bonds is 1. The van der Waals surface area contributed by atoms with Gasteiger partial charge in [-0.3, -0.25) is 0 Å². The van der Waals surface area contributed by atoms with E-state index in [1.165, 1.54) is 0 Å². The summed E-state index contributed by atoms with van der Waals surface area (Å²) in [4.78, 5) is 0. The molecule has 3 heteroatoms. The van der Waals surface area contributed by atoms with Crippen molar-refractivity contribution in [1.82, 2.24) is 0 Å². The largest absolute Gasteiger partial charge is 0.367 e. The molecule has 0 saturated carbocycles. The van der Waals surface area contributed by atoms with Crippen molar-refractivity contribution in [3.05, 3.63) is 0 Å². The van der Waals surface area contributed by atoms with Crippen LogP contribution in [0.1, 0.15) is 0 Å². The second-order valence-electron chi connectivity index (χ2n) is 0.663. The van der Waals surface area contributed by atoms with E-state index in [1.54, 1.807) is 0 Å². The Kier molecular flexibility index (Phi) is 2.64. The molecule has 0 aromatic heterocycles. The molecule has 0 aromatic carbocycles. The molecule has 2 N–H and O–H groups in total. The van der Waals surface area contributed by atoms with E-state index < -0.39 is 6.29 Å². The molecule has 5 heavy (non-hydrogen) atoms. The van der Waals surface area contributed by atoms with Crippen molar-refractivity contribution < 1.29 is 10.2 Å². The zero-order valence-electron chi connectivity index (χ0n) is 2.63. The zero-order chi connectivity index (χ0) is 4.28. The maximum Gasteiger partial charge on any atom is 0.160 e. The lowest BCUT2D eigenvalue weighted by atomic mass is 10.8. The molecule has 0 fully saturated rings. The van der Waals surface area contributed by atoms with E-state index in [1.807, 2.05) is 0 Å². The second kappa shape index (κ2) is 2.50. The van der Waals surface area contributed by atoms with E-state index in [2.05, 4.69) is 12.6 Å². The molecule has 0 unspecified atom stereocenters. The highest BCUT2D eigenvalue weighted by atomic mass is 32.1. The molecular formula is C2H6O2S. The molecule has 2 nitrogen and oxygen atoms in total. The summed E-state index contributed by atoms with van der Waals surface area (Å²) in [7, 11) is 0. The minimum Gasteiger partial charge on any atom is -0.367 e. The number of thiol groups is 1. The van der Waals surface area contributed by atoms with Crippen LogP contribution in [0.25, 0.3) is 0 Å². The summed E-state index contributed by atoms with van der Waals surface area (Å²) in [6.45, 7) is 0. The van der Waals surface area contributed by atoms with Crippen molar-refractivity contribution in [2.45, 2.75) is 6.29 Å². The van der Waals surface area contributed by atoms with Gasteiger partial charge in [-0.15, -0.1) is 0 Å². The van der Waals surface area contributed by atoms with Gasteiger partial charge in [0.05, 0.1) is 0 Å². The first-order valence-corrected chi connectivity index (χ1v) is 1.87. The van der Waals surface area contributed by atoms with E-state index in [-0.39, 0.29) is 5.75 Å². The van der Waals surface area contributed by atoms with E-state index in [0.29, 0.717) is 0 Å². The fourth-order valence-corrected chi connectivity index (χ4v) is 0. The number of aliphatic hydroxyl groups excluding tert-OH is 1. The van der Waals surface area contributed by atoms with E-state index in [9.17, 15) is 0 Å². The van der Waals surface area contributed by atoms with Crippen LogP contribution < -0.4 is 0 Å². The summed E-state index contributed by atoms with van der Waals surface area (Å²) < 4.78 is 0. The maximum atomic E-state index is 7.84.